The van der Waals surface area contributed by atoms with Crippen molar-refractivity contribution in [3.63, 3.8) is 0 Å². The number of rotatable bonds is 4. The summed E-state index contributed by atoms with van der Waals surface area (Å²) < 4.78 is 0. The van der Waals surface area contributed by atoms with Crippen LogP contribution >= 0.6 is 0 Å². The Morgan fingerprint density at radius 2 is 1.94 bits per heavy atom. The Labute approximate surface area is 132 Å². The van der Waals surface area contributed by atoms with Crippen LogP contribution in [0.25, 0.3) is 0 Å². The van der Waals surface area contributed by atoms with Crippen LogP contribution in [0, 0.1) is 38.0 Å². The third-order valence-electron chi connectivity index (χ3n) is 3.40. The maximum Gasteiger partial charge on any atom is 2.00 e. The van der Waals surface area contributed by atoms with Gasteiger partial charge in [0.25, 0.3) is 0 Å². The molecular formula is C14H17NO2U. The van der Waals surface area contributed by atoms with Gasteiger partial charge >= 0.3 is 31.1 Å². The topological polar surface area (TPSA) is 40.5 Å². The Hall–Kier alpha value is -0.298. The Morgan fingerprint density at radius 3 is 2.28 bits per heavy atom. The van der Waals surface area contributed by atoms with Crippen LogP contribution in [0.3, 0.4) is 0 Å². The number of carbonyl (C=O) groups excluding carboxylic acids is 1. The van der Waals surface area contributed by atoms with Crippen LogP contribution in [-0.4, -0.2) is 17.6 Å². The summed E-state index contributed by atoms with van der Waals surface area (Å²) in [5.41, 5.74) is 1.04. The maximum atomic E-state index is 10.8. The summed E-state index contributed by atoms with van der Waals surface area (Å²) in [7, 11) is 0. The Kier molecular flexibility index (Phi) is 5.46. The molecule has 1 aromatic carbocycles. The van der Waals surface area contributed by atoms with Crippen LogP contribution in [0.5, 0.6) is 0 Å². The van der Waals surface area contributed by atoms with Gasteiger partial charge in [0.2, 0.25) is 0 Å². The first-order valence-corrected chi connectivity index (χ1v) is 5.90. The van der Waals surface area contributed by atoms with E-state index in [1.54, 1.807) is 0 Å². The second kappa shape index (κ2) is 6.23. The number of hydrogen-bond donors (Lipinski definition) is 1. The van der Waals surface area contributed by atoms with Crippen molar-refractivity contribution in [1.82, 2.24) is 0 Å². The van der Waals surface area contributed by atoms with Gasteiger partial charge in [-0.25, -0.2) is 0 Å². The van der Waals surface area contributed by atoms with E-state index in [9.17, 15) is 9.90 Å². The van der Waals surface area contributed by atoms with Gasteiger partial charge in [0.05, 0.1) is 12.0 Å². The molecule has 0 spiro atoms. The first kappa shape index (κ1) is 15.8. The van der Waals surface area contributed by atoms with Crippen LogP contribution in [0.1, 0.15) is 31.7 Å². The van der Waals surface area contributed by atoms with E-state index in [4.69, 9.17) is 0 Å². The van der Waals surface area contributed by atoms with E-state index in [1.165, 1.54) is 4.90 Å². The van der Waals surface area contributed by atoms with Crippen molar-refractivity contribution in [1.29, 1.82) is 0 Å². The average molecular weight is 469 g/mol. The molecule has 3 nitrogen and oxygen atoms in total. The van der Waals surface area contributed by atoms with Crippen molar-refractivity contribution in [2.45, 2.75) is 37.8 Å². The minimum atomic E-state index is -0.648. The van der Waals surface area contributed by atoms with E-state index in [-0.39, 0.29) is 37.2 Å². The molecular weight excluding hydrogens is 452 g/mol. The van der Waals surface area contributed by atoms with Gasteiger partial charge in [-0.3, -0.25) is 0 Å². The summed E-state index contributed by atoms with van der Waals surface area (Å²) in [6.45, 7) is 5.63. The van der Waals surface area contributed by atoms with E-state index in [2.05, 4.69) is 6.92 Å². The monoisotopic (exact) mass is 469 g/mol. The fourth-order valence-electron chi connectivity index (χ4n) is 2.13. The Balaban J connectivity index is 0.00000162. The molecule has 0 unspecified atom stereocenters. The van der Waals surface area contributed by atoms with Crippen LogP contribution < -0.4 is 4.90 Å². The van der Waals surface area contributed by atoms with Crippen LogP contribution in [0.2, 0.25) is 0 Å². The molecule has 1 amide bonds. The SMILES string of the molecule is [CH2-][C@H](C)N([C-]=O)c1ccc(C2(O)CCC2)cc1.[U+2]. The average Bonchev–Trinajstić information content (AvgIpc) is 2.27. The molecule has 4 heteroatoms. The summed E-state index contributed by atoms with van der Waals surface area (Å²) >= 11 is 0. The summed E-state index contributed by atoms with van der Waals surface area (Å²) in [6.07, 6.45) is 4.58. The van der Waals surface area contributed by atoms with E-state index in [0.717, 1.165) is 30.5 Å². The van der Waals surface area contributed by atoms with Gasteiger partial charge in [-0.05, 0) is 24.8 Å². The number of aliphatic hydroxyl groups is 1. The van der Waals surface area contributed by atoms with Gasteiger partial charge < -0.3 is 21.7 Å². The number of amides is 1. The number of nitrogens with zero attached hydrogens (tertiary/aromatic N) is 1. The van der Waals surface area contributed by atoms with Gasteiger partial charge in [0.15, 0.2) is 0 Å². The van der Waals surface area contributed by atoms with Crippen LogP contribution in [-0.2, 0) is 10.4 Å². The summed E-state index contributed by atoms with van der Waals surface area (Å²) in [4.78, 5) is 12.2. The molecule has 94 valence electrons. The fourth-order valence-corrected chi connectivity index (χ4v) is 2.13. The van der Waals surface area contributed by atoms with Gasteiger partial charge in [-0.15, -0.1) is 23.9 Å². The molecule has 1 atom stereocenters. The second-order valence-corrected chi connectivity index (χ2v) is 4.74. The predicted octanol–water partition coefficient (Wildman–Crippen LogP) is 2.15. The fraction of sp³-hybridized carbons (Fsp3) is 0.429. The molecule has 0 bridgehead atoms. The quantitative estimate of drug-likeness (QED) is 0.543. The summed E-state index contributed by atoms with van der Waals surface area (Å²) in [5.74, 6) is 0. The van der Waals surface area contributed by atoms with Crippen molar-refractivity contribution < 1.29 is 41.0 Å². The second-order valence-electron chi connectivity index (χ2n) is 4.74. The molecule has 1 N–H and O–H groups in total. The van der Waals surface area contributed by atoms with Crippen molar-refractivity contribution in [2.75, 3.05) is 4.90 Å². The minimum Gasteiger partial charge on any atom is -0.500 e. The number of hydrogen-bond acceptors (Lipinski definition) is 2. The molecule has 0 aromatic heterocycles. The van der Waals surface area contributed by atoms with E-state index in [1.807, 2.05) is 37.6 Å². The molecule has 1 fully saturated rings. The van der Waals surface area contributed by atoms with E-state index < -0.39 is 5.60 Å². The molecule has 1 aromatic rings. The molecule has 2 rings (SSSR count). The summed E-state index contributed by atoms with van der Waals surface area (Å²) in [6, 6.07) is 7.25. The predicted molar refractivity (Wildman–Crippen MR) is 67.2 cm³/mol. The standard InChI is InChI=1S/C14H17NO2.U/c1-11(2)15(10-16)13-6-4-12(5-7-13)14(17)8-3-9-14;/h4-7,11,17H,1,3,8-9H2,2H3;/q-2;+2/t11-;/m1./s1. The minimum absolute atomic E-state index is 0. The van der Waals surface area contributed by atoms with Gasteiger partial charge in [-0.2, -0.15) is 0 Å². The molecule has 0 aliphatic heterocycles. The third kappa shape index (κ3) is 2.99. The largest absolute Gasteiger partial charge is 2.00 e. The molecule has 1 aliphatic rings. The molecule has 0 radical (unpaired) electrons. The smallest absolute Gasteiger partial charge is 0.500 e. The zero-order valence-electron chi connectivity index (χ0n) is 10.5. The van der Waals surface area contributed by atoms with Crippen molar-refractivity contribution >= 4 is 12.1 Å². The molecule has 1 saturated carbocycles. The zero-order valence-corrected chi connectivity index (χ0v) is 14.7. The first-order valence-electron chi connectivity index (χ1n) is 5.90. The van der Waals surface area contributed by atoms with Gasteiger partial charge in [0, 0.05) is 0 Å². The Morgan fingerprint density at radius 1 is 1.39 bits per heavy atom. The number of anilines is 1. The van der Waals surface area contributed by atoms with Crippen molar-refractivity contribution in [2.24, 2.45) is 0 Å². The zero-order chi connectivity index (χ0) is 12.5. The molecule has 1 aliphatic carbocycles. The van der Waals surface area contributed by atoms with Crippen molar-refractivity contribution in [3.05, 3.63) is 36.8 Å². The van der Waals surface area contributed by atoms with Gasteiger partial charge in [-0.1, -0.05) is 19.1 Å². The summed E-state index contributed by atoms with van der Waals surface area (Å²) in [5, 5.41) is 10.2. The van der Waals surface area contributed by atoms with E-state index >= 15 is 0 Å². The van der Waals surface area contributed by atoms with Gasteiger partial charge in [0.1, 0.15) is 0 Å². The van der Waals surface area contributed by atoms with E-state index in [0.29, 0.717) is 0 Å². The van der Waals surface area contributed by atoms with Crippen LogP contribution in [0.4, 0.5) is 5.69 Å². The maximum absolute atomic E-state index is 10.8. The number of benzene rings is 1. The van der Waals surface area contributed by atoms with Crippen molar-refractivity contribution in [3.8, 4) is 0 Å². The Bertz CT molecular complexity index is 399. The molecule has 0 heterocycles. The normalized spacial score (nSPS) is 18.2. The van der Waals surface area contributed by atoms with Crippen LogP contribution in [0.15, 0.2) is 24.3 Å². The third-order valence-corrected chi connectivity index (χ3v) is 3.40. The molecule has 0 saturated heterocycles. The molecule has 18 heavy (non-hydrogen) atoms. The first-order chi connectivity index (χ1) is 8.07.